The van der Waals surface area contributed by atoms with Gasteiger partial charge in [-0.25, -0.2) is 0 Å². The van der Waals surface area contributed by atoms with E-state index in [9.17, 15) is 10.1 Å². The summed E-state index contributed by atoms with van der Waals surface area (Å²) in [6.45, 7) is 4.67. The zero-order valence-electron chi connectivity index (χ0n) is 10.7. The van der Waals surface area contributed by atoms with E-state index in [1.54, 1.807) is 6.07 Å². The molecule has 0 saturated heterocycles. The first-order valence-electron chi connectivity index (χ1n) is 6.20. The Hall–Kier alpha value is -2.15. The van der Waals surface area contributed by atoms with E-state index in [-0.39, 0.29) is 5.69 Å². The van der Waals surface area contributed by atoms with E-state index in [0.29, 0.717) is 17.1 Å². The maximum absolute atomic E-state index is 10.6. The van der Waals surface area contributed by atoms with Crippen molar-refractivity contribution in [3.63, 3.8) is 0 Å². The number of nitrogens with zero attached hydrogens (tertiary/aromatic N) is 2. The lowest BCUT2D eigenvalue weighted by Crippen LogP contribution is -2.17. The predicted octanol–water partition coefficient (Wildman–Crippen LogP) is 2.15. The standard InChI is InChI=1S/C12H16N4O3/c1-2-13-6-3-7-14-12-15-10-5-4-9(16(17)18)8-11(10)19-12/h4-5,8,13H,2-3,6-7H2,1H3,(H,14,15). The summed E-state index contributed by atoms with van der Waals surface area (Å²) in [5.41, 5.74) is 1.03. The highest BCUT2D eigenvalue weighted by Gasteiger charge is 2.11. The Morgan fingerprint density at radius 1 is 1.42 bits per heavy atom. The van der Waals surface area contributed by atoms with Gasteiger partial charge in [0.2, 0.25) is 0 Å². The van der Waals surface area contributed by atoms with E-state index >= 15 is 0 Å². The van der Waals surface area contributed by atoms with Crippen molar-refractivity contribution in [3.8, 4) is 0 Å². The fourth-order valence-corrected chi connectivity index (χ4v) is 1.69. The van der Waals surface area contributed by atoms with Crippen LogP contribution >= 0.6 is 0 Å². The molecule has 0 atom stereocenters. The van der Waals surface area contributed by atoms with E-state index in [0.717, 1.165) is 26.1 Å². The topological polar surface area (TPSA) is 93.2 Å². The summed E-state index contributed by atoms with van der Waals surface area (Å²) in [4.78, 5) is 14.4. The number of hydrogen-bond acceptors (Lipinski definition) is 6. The number of anilines is 1. The summed E-state index contributed by atoms with van der Waals surface area (Å²) in [6.07, 6.45) is 0.951. The lowest BCUT2D eigenvalue weighted by molar-refractivity contribution is -0.384. The van der Waals surface area contributed by atoms with Crippen molar-refractivity contribution in [2.75, 3.05) is 25.0 Å². The van der Waals surface area contributed by atoms with Crippen molar-refractivity contribution >= 4 is 22.8 Å². The average Bonchev–Trinajstić information content (AvgIpc) is 2.80. The molecule has 0 fully saturated rings. The number of aromatic nitrogens is 1. The molecule has 0 aliphatic carbocycles. The van der Waals surface area contributed by atoms with Crippen molar-refractivity contribution in [1.82, 2.24) is 10.3 Å². The molecule has 2 aromatic rings. The molecule has 1 aromatic heterocycles. The van der Waals surface area contributed by atoms with E-state index < -0.39 is 4.92 Å². The molecule has 0 aliphatic heterocycles. The molecule has 1 heterocycles. The molecule has 1 aromatic carbocycles. The molecule has 102 valence electrons. The van der Waals surface area contributed by atoms with Crippen molar-refractivity contribution < 1.29 is 9.34 Å². The van der Waals surface area contributed by atoms with Gasteiger partial charge in [-0.3, -0.25) is 10.1 Å². The van der Waals surface area contributed by atoms with Gasteiger partial charge in [0.25, 0.3) is 11.7 Å². The van der Waals surface area contributed by atoms with Gasteiger partial charge >= 0.3 is 0 Å². The highest BCUT2D eigenvalue weighted by atomic mass is 16.6. The second-order valence-corrected chi connectivity index (χ2v) is 4.06. The first-order chi connectivity index (χ1) is 9.20. The van der Waals surface area contributed by atoms with Crippen LogP contribution < -0.4 is 10.6 Å². The van der Waals surface area contributed by atoms with E-state index in [1.165, 1.54) is 12.1 Å². The number of fused-ring (bicyclic) bond motifs is 1. The molecule has 0 aliphatic rings. The third-order valence-electron chi connectivity index (χ3n) is 2.64. The predicted molar refractivity (Wildman–Crippen MR) is 72.3 cm³/mol. The summed E-state index contributed by atoms with van der Waals surface area (Å²) in [5.74, 6) is 0. The Kier molecular flexibility index (Phi) is 4.30. The number of nitro benzene ring substituents is 1. The molecule has 0 bridgehead atoms. The Labute approximate surface area is 110 Å². The van der Waals surface area contributed by atoms with Crippen molar-refractivity contribution in [2.45, 2.75) is 13.3 Å². The largest absolute Gasteiger partial charge is 0.423 e. The number of nitro groups is 1. The number of non-ortho nitro benzene ring substituents is 1. The highest BCUT2D eigenvalue weighted by Crippen LogP contribution is 2.23. The van der Waals surface area contributed by atoms with Crippen LogP contribution in [0.3, 0.4) is 0 Å². The van der Waals surface area contributed by atoms with Crippen LogP contribution in [0.5, 0.6) is 0 Å². The number of hydrogen-bond donors (Lipinski definition) is 2. The molecule has 2 N–H and O–H groups in total. The van der Waals surface area contributed by atoms with Crippen LogP contribution in [-0.2, 0) is 0 Å². The Balaban J connectivity index is 1.99. The number of oxazole rings is 1. The van der Waals surface area contributed by atoms with Crippen LogP contribution in [0.4, 0.5) is 11.7 Å². The molecule has 7 nitrogen and oxygen atoms in total. The summed E-state index contributed by atoms with van der Waals surface area (Å²) >= 11 is 0. The lowest BCUT2D eigenvalue weighted by atomic mass is 10.3. The number of nitrogens with one attached hydrogen (secondary N) is 2. The third-order valence-corrected chi connectivity index (χ3v) is 2.64. The summed E-state index contributed by atoms with van der Waals surface area (Å²) in [6, 6.07) is 4.78. The van der Waals surface area contributed by atoms with Crippen LogP contribution in [0.25, 0.3) is 11.1 Å². The molecule has 19 heavy (non-hydrogen) atoms. The van der Waals surface area contributed by atoms with Gasteiger partial charge in [-0.15, -0.1) is 0 Å². The van der Waals surface area contributed by atoms with Gasteiger partial charge in [-0.2, -0.15) is 4.98 Å². The normalized spacial score (nSPS) is 10.8. The quantitative estimate of drug-likeness (QED) is 0.452. The van der Waals surface area contributed by atoms with Gasteiger partial charge < -0.3 is 15.1 Å². The molecule has 0 spiro atoms. The van der Waals surface area contributed by atoms with Crippen LogP contribution in [-0.4, -0.2) is 29.5 Å². The first-order valence-corrected chi connectivity index (χ1v) is 6.20. The Bertz CT molecular complexity index is 567. The van der Waals surface area contributed by atoms with Crippen LogP contribution in [0, 0.1) is 10.1 Å². The fourth-order valence-electron chi connectivity index (χ4n) is 1.69. The van der Waals surface area contributed by atoms with E-state index in [2.05, 4.69) is 22.5 Å². The summed E-state index contributed by atoms with van der Waals surface area (Å²) in [5, 5.41) is 16.9. The zero-order valence-corrected chi connectivity index (χ0v) is 10.7. The molecule has 0 radical (unpaired) electrons. The Morgan fingerprint density at radius 2 is 2.26 bits per heavy atom. The summed E-state index contributed by atoms with van der Waals surface area (Å²) < 4.78 is 5.42. The van der Waals surface area contributed by atoms with Gasteiger partial charge in [0.1, 0.15) is 5.52 Å². The minimum absolute atomic E-state index is 0.00217. The van der Waals surface area contributed by atoms with Gasteiger partial charge in [-0.1, -0.05) is 6.92 Å². The second-order valence-electron chi connectivity index (χ2n) is 4.06. The zero-order chi connectivity index (χ0) is 13.7. The molecule has 7 heteroatoms. The third kappa shape index (κ3) is 3.41. The maximum Gasteiger partial charge on any atom is 0.295 e. The van der Waals surface area contributed by atoms with Gasteiger partial charge in [0, 0.05) is 12.6 Å². The van der Waals surface area contributed by atoms with E-state index in [1.807, 2.05) is 0 Å². The summed E-state index contributed by atoms with van der Waals surface area (Å²) in [7, 11) is 0. The van der Waals surface area contributed by atoms with Crippen LogP contribution in [0.1, 0.15) is 13.3 Å². The highest BCUT2D eigenvalue weighted by molar-refractivity contribution is 5.77. The van der Waals surface area contributed by atoms with Crippen LogP contribution in [0.2, 0.25) is 0 Å². The maximum atomic E-state index is 10.6. The number of rotatable bonds is 7. The average molecular weight is 264 g/mol. The molecule has 0 unspecified atom stereocenters. The monoisotopic (exact) mass is 264 g/mol. The van der Waals surface area contributed by atoms with Crippen molar-refractivity contribution in [3.05, 3.63) is 28.3 Å². The minimum atomic E-state index is -0.453. The fraction of sp³-hybridized carbons (Fsp3) is 0.417. The minimum Gasteiger partial charge on any atom is -0.423 e. The number of benzene rings is 1. The molecule has 2 rings (SSSR count). The van der Waals surface area contributed by atoms with E-state index in [4.69, 9.17) is 4.42 Å². The van der Waals surface area contributed by atoms with Gasteiger partial charge in [0.05, 0.1) is 11.0 Å². The first kappa shape index (κ1) is 13.3. The second kappa shape index (κ2) is 6.14. The molecule has 0 saturated carbocycles. The van der Waals surface area contributed by atoms with Gasteiger partial charge in [-0.05, 0) is 25.6 Å². The lowest BCUT2D eigenvalue weighted by Gasteiger charge is -2.01. The molecule has 0 amide bonds. The SMILES string of the molecule is CCNCCCNc1nc2ccc([N+](=O)[O-])cc2o1. The van der Waals surface area contributed by atoms with Gasteiger partial charge in [0.15, 0.2) is 5.58 Å². The van der Waals surface area contributed by atoms with Crippen LogP contribution in [0.15, 0.2) is 22.6 Å². The Morgan fingerprint density at radius 3 is 3.00 bits per heavy atom. The molecular formula is C12H16N4O3. The molecular weight excluding hydrogens is 248 g/mol. The van der Waals surface area contributed by atoms with Crippen molar-refractivity contribution in [2.24, 2.45) is 0 Å². The smallest absolute Gasteiger partial charge is 0.295 e. The van der Waals surface area contributed by atoms with Crippen molar-refractivity contribution in [1.29, 1.82) is 0 Å².